The molecule has 0 aromatic heterocycles. The van der Waals surface area contributed by atoms with Crippen molar-refractivity contribution in [2.24, 2.45) is 5.92 Å². The van der Waals surface area contributed by atoms with Gasteiger partial charge in [0.25, 0.3) is 5.91 Å². The number of carbonyl (C=O) groups excluding carboxylic acids is 1. The summed E-state index contributed by atoms with van der Waals surface area (Å²) in [6, 6.07) is 21.9. The number of nitrogens with zero attached hydrogens (tertiary/aromatic N) is 1. The lowest BCUT2D eigenvalue weighted by Crippen LogP contribution is -2.51. The average molecular weight is 589 g/mol. The zero-order valence-electron chi connectivity index (χ0n) is 21.3. The highest BCUT2D eigenvalue weighted by molar-refractivity contribution is 7.92. The number of nitrogens with one attached hydrogen (secondary N) is 2. The number of benzene rings is 3. The predicted octanol–water partition coefficient (Wildman–Crippen LogP) is 5.10. The number of aliphatic hydroxyl groups is 1. The highest BCUT2D eigenvalue weighted by Crippen LogP contribution is 2.39. The first-order chi connectivity index (χ1) is 18.7. The molecule has 1 saturated carbocycles. The van der Waals surface area contributed by atoms with Gasteiger partial charge in [-0.3, -0.25) is 14.4 Å². The van der Waals surface area contributed by atoms with Crippen molar-refractivity contribution < 1.29 is 18.3 Å². The molecule has 1 amide bonds. The summed E-state index contributed by atoms with van der Waals surface area (Å²) in [4.78, 5) is 15.0. The monoisotopic (exact) mass is 587 g/mol. The topological polar surface area (TPSA) is 98.7 Å². The van der Waals surface area contributed by atoms with E-state index < -0.39 is 10.0 Å². The van der Waals surface area contributed by atoms with Gasteiger partial charge in [-0.2, -0.15) is 0 Å². The van der Waals surface area contributed by atoms with Crippen LogP contribution in [0.2, 0.25) is 10.0 Å². The van der Waals surface area contributed by atoms with Crippen LogP contribution < -0.4 is 10.0 Å². The maximum atomic E-state index is 13.0. The van der Waals surface area contributed by atoms with Crippen LogP contribution in [0.25, 0.3) is 0 Å². The number of sulfonamides is 1. The van der Waals surface area contributed by atoms with E-state index in [0.717, 1.165) is 24.0 Å². The summed E-state index contributed by atoms with van der Waals surface area (Å²) >= 11 is 12.2. The van der Waals surface area contributed by atoms with Crippen LogP contribution in [0.5, 0.6) is 0 Å². The number of carbonyl (C=O) groups is 1. The fourth-order valence-electron chi connectivity index (χ4n) is 5.20. The number of hydrogen-bond donors (Lipinski definition) is 3. The first-order valence-corrected chi connectivity index (χ1v) is 15.4. The van der Waals surface area contributed by atoms with Gasteiger partial charge in [-0.05, 0) is 72.9 Å². The highest BCUT2D eigenvalue weighted by Gasteiger charge is 2.43. The van der Waals surface area contributed by atoms with Crippen LogP contribution in [-0.2, 0) is 10.0 Å². The lowest BCUT2D eigenvalue weighted by atomic mass is 9.91. The molecule has 1 heterocycles. The van der Waals surface area contributed by atoms with Crippen molar-refractivity contribution in [3.05, 3.63) is 99.5 Å². The van der Waals surface area contributed by atoms with Crippen molar-refractivity contribution in [2.45, 2.75) is 30.8 Å². The van der Waals surface area contributed by atoms with E-state index in [-0.39, 0.29) is 35.8 Å². The minimum Gasteiger partial charge on any atom is -0.396 e. The van der Waals surface area contributed by atoms with Crippen LogP contribution in [0.1, 0.15) is 46.8 Å². The number of amides is 1. The molecular weight excluding hydrogens is 557 g/mol. The highest BCUT2D eigenvalue weighted by atomic mass is 35.5. The molecule has 3 aromatic rings. The molecule has 2 fully saturated rings. The van der Waals surface area contributed by atoms with Crippen molar-refractivity contribution in [1.29, 1.82) is 0 Å². The summed E-state index contributed by atoms with van der Waals surface area (Å²) in [5.41, 5.74) is 2.54. The summed E-state index contributed by atoms with van der Waals surface area (Å²) in [7, 11) is -3.63. The van der Waals surface area contributed by atoms with Gasteiger partial charge in [-0.15, -0.1) is 0 Å². The number of likely N-dealkylation sites (tertiary alicyclic amines) is 1. The lowest BCUT2D eigenvalue weighted by molar-refractivity contribution is 0.0813. The quantitative estimate of drug-likeness (QED) is 0.290. The number of rotatable bonds is 11. The lowest BCUT2D eigenvalue weighted by Gasteiger charge is -2.44. The average Bonchev–Trinajstić information content (AvgIpc) is 3.63. The van der Waals surface area contributed by atoms with E-state index in [1.165, 1.54) is 0 Å². The minimum absolute atomic E-state index is 0.0128. The van der Waals surface area contributed by atoms with E-state index in [1.807, 2.05) is 48.5 Å². The smallest absolute Gasteiger partial charge is 0.251 e. The first-order valence-electron chi connectivity index (χ1n) is 12.9. The summed E-state index contributed by atoms with van der Waals surface area (Å²) in [6.07, 6.45) is 2.18. The van der Waals surface area contributed by atoms with Gasteiger partial charge in [-0.1, -0.05) is 53.5 Å². The maximum Gasteiger partial charge on any atom is 0.251 e. The Hall–Kier alpha value is -2.62. The molecule has 2 aliphatic rings. The van der Waals surface area contributed by atoms with Crippen molar-refractivity contribution in [3.63, 3.8) is 0 Å². The molecule has 1 aliphatic heterocycles. The van der Waals surface area contributed by atoms with Gasteiger partial charge in [0.15, 0.2) is 0 Å². The molecule has 0 atom stereocenters. The second-order valence-corrected chi connectivity index (χ2v) is 13.1. The number of anilines is 1. The summed E-state index contributed by atoms with van der Waals surface area (Å²) < 4.78 is 28.7. The van der Waals surface area contributed by atoms with Gasteiger partial charge in [0.1, 0.15) is 0 Å². The van der Waals surface area contributed by atoms with Gasteiger partial charge in [0, 0.05) is 52.4 Å². The zero-order chi connectivity index (χ0) is 27.6. The molecule has 0 spiro atoms. The van der Waals surface area contributed by atoms with Gasteiger partial charge in [-0.25, -0.2) is 8.42 Å². The molecule has 1 aliphatic carbocycles. The van der Waals surface area contributed by atoms with Crippen LogP contribution >= 0.6 is 23.2 Å². The van der Waals surface area contributed by atoms with E-state index >= 15 is 0 Å². The Bertz CT molecular complexity index is 1380. The molecule has 1 saturated heterocycles. The number of halogens is 2. The zero-order valence-corrected chi connectivity index (χ0v) is 23.6. The van der Waals surface area contributed by atoms with Crippen LogP contribution in [0.15, 0.2) is 72.8 Å². The Morgan fingerprint density at radius 1 is 0.974 bits per heavy atom. The van der Waals surface area contributed by atoms with Gasteiger partial charge in [0.05, 0.1) is 11.8 Å². The van der Waals surface area contributed by atoms with Crippen LogP contribution in [0.4, 0.5) is 5.69 Å². The molecule has 0 unspecified atom stereocenters. The minimum atomic E-state index is -3.63. The fraction of sp³-hybridized carbons (Fsp3) is 0.345. The van der Waals surface area contributed by atoms with E-state index in [9.17, 15) is 18.3 Å². The molecular formula is C29H31Cl2N3O4S. The molecule has 5 rings (SSSR count). The fourth-order valence-corrected chi connectivity index (χ4v) is 6.85. The predicted molar refractivity (Wildman–Crippen MR) is 155 cm³/mol. The second-order valence-electron chi connectivity index (χ2n) is 10.5. The Balaban J connectivity index is 1.21. The molecule has 10 heteroatoms. The molecule has 39 heavy (non-hydrogen) atoms. The SMILES string of the molecule is O=C(NC1(CCO)CC1)c1cccc(NS(=O)(=O)CC2CN(C(c3ccc(Cl)cc3)c3ccc(Cl)cc3)C2)c1. The first kappa shape index (κ1) is 27.9. The van der Waals surface area contributed by atoms with E-state index in [2.05, 4.69) is 14.9 Å². The van der Waals surface area contributed by atoms with Crippen LogP contribution in [0, 0.1) is 5.92 Å². The van der Waals surface area contributed by atoms with Gasteiger partial charge >= 0.3 is 0 Å². The third-order valence-electron chi connectivity index (χ3n) is 7.40. The summed E-state index contributed by atoms with van der Waals surface area (Å²) in [5.74, 6) is -0.329. The number of aliphatic hydroxyl groups excluding tert-OH is 1. The van der Waals surface area contributed by atoms with Crippen molar-refractivity contribution in [2.75, 3.05) is 30.2 Å². The largest absolute Gasteiger partial charge is 0.396 e. The van der Waals surface area contributed by atoms with E-state index in [0.29, 0.717) is 40.8 Å². The van der Waals surface area contributed by atoms with Crippen molar-refractivity contribution >= 4 is 44.8 Å². The Morgan fingerprint density at radius 3 is 2.10 bits per heavy atom. The van der Waals surface area contributed by atoms with Crippen molar-refractivity contribution in [3.8, 4) is 0 Å². The third kappa shape index (κ3) is 6.94. The maximum absolute atomic E-state index is 13.0. The molecule has 7 nitrogen and oxygen atoms in total. The van der Waals surface area contributed by atoms with Crippen LogP contribution in [0.3, 0.4) is 0 Å². The van der Waals surface area contributed by atoms with Gasteiger partial charge < -0.3 is 10.4 Å². The summed E-state index contributed by atoms with van der Waals surface area (Å²) in [6.45, 7) is 1.25. The Kier molecular flexibility index (Phi) is 8.21. The van der Waals surface area contributed by atoms with Gasteiger partial charge in [0.2, 0.25) is 10.0 Å². The molecule has 206 valence electrons. The van der Waals surface area contributed by atoms with Crippen molar-refractivity contribution in [1.82, 2.24) is 10.2 Å². The van der Waals surface area contributed by atoms with E-state index in [1.54, 1.807) is 24.3 Å². The third-order valence-corrected chi connectivity index (χ3v) is 9.36. The van der Waals surface area contributed by atoms with E-state index in [4.69, 9.17) is 23.2 Å². The standard InChI is InChI=1S/C29H31Cl2N3O4S/c30-24-8-4-21(5-9-24)27(22-6-10-25(31)11-7-22)34-17-20(18-34)19-39(37,38)33-26-3-1-2-23(16-26)28(36)32-29(12-13-29)14-15-35/h1-11,16,20,27,33,35H,12-15,17-19H2,(H,32,36). The molecule has 3 aromatic carbocycles. The summed E-state index contributed by atoms with van der Waals surface area (Å²) in [5, 5.41) is 13.5. The molecule has 0 radical (unpaired) electrons. The molecule has 0 bridgehead atoms. The number of hydrogen-bond acceptors (Lipinski definition) is 5. The Labute approximate surface area is 239 Å². The molecule has 3 N–H and O–H groups in total. The normalized spacial score (nSPS) is 17.0. The Morgan fingerprint density at radius 2 is 1.56 bits per heavy atom. The second kappa shape index (κ2) is 11.5. The van der Waals surface area contributed by atoms with Crippen LogP contribution in [-0.4, -0.2) is 55.3 Å².